The van der Waals surface area contributed by atoms with Gasteiger partial charge in [-0.1, -0.05) is 54.6 Å². The number of aromatic amines is 3. The van der Waals surface area contributed by atoms with Crippen molar-refractivity contribution in [2.75, 3.05) is 12.3 Å². The van der Waals surface area contributed by atoms with Gasteiger partial charge in [0.15, 0.2) is 5.96 Å². The Labute approximate surface area is 350 Å². The molecule has 0 aliphatic rings. The molecule has 3 aromatic heterocycles. The third-order valence-electron chi connectivity index (χ3n) is 10.3. The molecule has 4 amide bonds. The lowest BCUT2D eigenvalue weighted by Crippen LogP contribution is -2.59. The monoisotopic (exact) mass is 835 g/mol. The fraction of sp³-hybridized carbons (Fsp3) is 0.286. The Morgan fingerprint density at radius 2 is 0.983 bits per heavy atom. The molecule has 0 saturated heterocycles. The number of thiol groups is 1. The highest BCUT2D eigenvalue weighted by atomic mass is 32.1. The number of guanidine groups is 1. The number of hydrogen-bond acceptors (Lipinski definition) is 8. The van der Waals surface area contributed by atoms with E-state index in [1.165, 1.54) is 0 Å². The number of aliphatic carboxylic acids is 1. The Bertz CT molecular complexity index is 2510. The average Bonchev–Trinajstić information content (AvgIpc) is 3.97. The van der Waals surface area contributed by atoms with Crippen LogP contribution in [0.5, 0.6) is 0 Å². The molecule has 0 bridgehead atoms. The van der Waals surface area contributed by atoms with Crippen LogP contribution in [-0.4, -0.2) is 98.1 Å². The summed E-state index contributed by atoms with van der Waals surface area (Å²) >= 11 is 4.31. The van der Waals surface area contributed by atoms with Crippen LogP contribution in [0.15, 0.2) is 96.4 Å². The van der Waals surface area contributed by atoms with E-state index in [1.807, 2.05) is 72.8 Å². The van der Waals surface area contributed by atoms with Crippen LogP contribution in [0.4, 0.5) is 0 Å². The van der Waals surface area contributed by atoms with Gasteiger partial charge >= 0.3 is 5.97 Å². The minimum atomic E-state index is -1.35. The van der Waals surface area contributed by atoms with Crippen molar-refractivity contribution in [3.63, 3.8) is 0 Å². The maximum absolute atomic E-state index is 14.5. The summed E-state index contributed by atoms with van der Waals surface area (Å²) in [5.74, 6) is -4.26. The summed E-state index contributed by atoms with van der Waals surface area (Å²) in [5.41, 5.74) is 21.3. The molecule has 0 aliphatic heterocycles. The molecule has 18 heteroatoms. The zero-order valence-corrected chi connectivity index (χ0v) is 33.5. The third-order valence-corrected chi connectivity index (χ3v) is 10.7. The van der Waals surface area contributed by atoms with E-state index in [1.54, 1.807) is 18.6 Å². The van der Waals surface area contributed by atoms with Gasteiger partial charge in [-0.05, 0) is 47.7 Å². The van der Waals surface area contributed by atoms with E-state index in [-0.39, 0.29) is 43.9 Å². The number of carboxylic acid groups (broad SMARTS) is 1. The number of nitrogens with two attached hydrogens (primary N) is 3. The van der Waals surface area contributed by atoms with Crippen LogP contribution >= 0.6 is 12.6 Å². The number of carbonyl (C=O) groups excluding carboxylic acids is 4. The Morgan fingerprint density at radius 3 is 1.40 bits per heavy atom. The number of carbonyl (C=O) groups is 5. The number of aliphatic imine (C=N–C) groups is 1. The molecule has 0 aliphatic carbocycles. The molecule has 0 saturated carbocycles. The van der Waals surface area contributed by atoms with Crippen LogP contribution in [0, 0.1) is 0 Å². The Balaban J connectivity index is 1.25. The van der Waals surface area contributed by atoms with Crippen LogP contribution < -0.4 is 38.5 Å². The number of para-hydroxylation sites is 3. The van der Waals surface area contributed by atoms with E-state index in [4.69, 9.17) is 17.2 Å². The number of amides is 4. The quantitative estimate of drug-likeness (QED) is 0.0229. The van der Waals surface area contributed by atoms with E-state index < -0.39 is 59.8 Å². The molecule has 314 valence electrons. The zero-order valence-electron chi connectivity index (χ0n) is 32.6. The normalized spacial score (nSPS) is 13.8. The molecule has 6 rings (SSSR count). The van der Waals surface area contributed by atoms with Crippen molar-refractivity contribution < 1.29 is 29.1 Å². The van der Waals surface area contributed by atoms with Crippen molar-refractivity contribution in [2.24, 2.45) is 22.2 Å². The summed E-state index contributed by atoms with van der Waals surface area (Å²) in [7, 11) is 0. The smallest absolute Gasteiger partial charge is 0.326 e. The van der Waals surface area contributed by atoms with Gasteiger partial charge in [-0.2, -0.15) is 12.6 Å². The number of nitrogens with one attached hydrogen (secondary N) is 7. The summed E-state index contributed by atoms with van der Waals surface area (Å²) in [5, 5.41) is 23.6. The van der Waals surface area contributed by atoms with Gasteiger partial charge in [0.25, 0.3) is 0 Å². The van der Waals surface area contributed by atoms with Crippen LogP contribution in [0.2, 0.25) is 0 Å². The first-order valence-corrected chi connectivity index (χ1v) is 20.1. The molecule has 60 heavy (non-hydrogen) atoms. The highest BCUT2D eigenvalue weighted by Gasteiger charge is 2.33. The van der Waals surface area contributed by atoms with Gasteiger partial charge in [-0.15, -0.1) is 0 Å². The Kier molecular flexibility index (Phi) is 14.1. The summed E-state index contributed by atoms with van der Waals surface area (Å²) in [6.45, 7) is 0.269. The second-order valence-corrected chi connectivity index (χ2v) is 14.9. The average molecular weight is 836 g/mol. The number of aromatic nitrogens is 3. The largest absolute Gasteiger partial charge is 0.480 e. The fourth-order valence-electron chi connectivity index (χ4n) is 7.12. The number of fused-ring (bicyclic) bond motifs is 3. The number of rotatable bonds is 20. The van der Waals surface area contributed by atoms with Gasteiger partial charge < -0.3 is 58.5 Å². The Hall–Kier alpha value is -6.79. The molecule has 6 aromatic rings. The number of benzene rings is 3. The van der Waals surface area contributed by atoms with Crippen molar-refractivity contribution in [2.45, 2.75) is 62.3 Å². The first-order valence-electron chi connectivity index (χ1n) is 19.4. The van der Waals surface area contributed by atoms with E-state index in [2.05, 4.69) is 53.8 Å². The van der Waals surface area contributed by atoms with E-state index in [9.17, 15) is 29.1 Å². The standard InChI is InChI=1S/C42H49N11O6S/c43-29(11-7-15-46-42(44)45)37(54)53-36(22-60)40(57)51-33(16-23-19-47-30-12-4-1-8-26(23)30)38(55)50-34(17-24-20-48-31-13-5-2-9-27(24)31)39(56)52-35(41(58)59)18-25-21-49-32-14-6-3-10-28(25)32/h1-6,8-10,12-14,19-21,29,33-36,47-49,60H,7,11,15-18,22,43H2,(H,50,55)(H,51,57)(H,52,56)(H,53,54)(H,58,59)(H4,44,45,46)/t29-,33-,34-,35-,36-/m0/s1. The minimum Gasteiger partial charge on any atom is -0.480 e. The van der Waals surface area contributed by atoms with Gasteiger partial charge in [0.1, 0.15) is 24.2 Å². The SMILES string of the molecule is NC(N)=NCCC[C@H](N)C(=O)N[C@@H](CS)C(=O)N[C@@H](Cc1c[nH]c2ccccc12)C(=O)N[C@@H](Cc1c[nH]c2ccccc12)C(=O)N[C@@H](Cc1c[nH]c2ccccc12)C(=O)O. The highest BCUT2D eigenvalue weighted by molar-refractivity contribution is 7.80. The molecule has 5 atom stereocenters. The summed E-state index contributed by atoms with van der Waals surface area (Å²) in [4.78, 5) is 81.7. The fourth-order valence-corrected chi connectivity index (χ4v) is 7.38. The van der Waals surface area contributed by atoms with Crippen molar-refractivity contribution in [3.8, 4) is 0 Å². The lowest BCUT2D eigenvalue weighted by molar-refractivity contribution is -0.142. The predicted octanol–water partition coefficient (Wildman–Crippen LogP) is 1.49. The topological polar surface area (TPSA) is 291 Å². The van der Waals surface area contributed by atoms with Gasteiger partial charge in [-0.25, -0.2) is 4.79 Å². The molecule has 0 spiro atoms. The van der Waals surface area contributed by atoms with Crippen LogP contribution in [0.1, 0.15) is 29.5 Å². The minimum absolute atomic E-state index is 0.0150. The number of nitrogens with zero attached hydrogens (tertiary/aromatic N) is 1. The lowest BCUT2D eigenvalue weighted by Gasteiger charge is -2.26. The summed E-state index contributed by atoms with van der Waals surface area (Å²) in [6.07, 6.45) is 5.75. The third kappa shape index (κ3) is 10.6. The zero-order chi connectivity index (χ0) is 42.8. The van der Waals surface area contributed by atoms with Gasteiger partial charge in [0.2, 0.25) is 23.6 Å². The Morgan fingerprint density at radius 1 is 0.600 bits per heavy atom. The second-order valence-electron chi connectivity index (χ2n) is 14.5. The van der Waals surface area contributed by atoms with Crippen molar-refractivity contribution in [1.29, 1.82) is 0 Å². The van der Waals surface area contributed by atoms with E-state index >= 15 is 0 Å². The summed E-state index contributed by atoms with van der Waals surface area (Å²) < 4.78 is 0. The van der Waals surface area contributed by atoms with Crippen LogP contribution in [-0.2, 0) is 43.2 Å². The first kappa shape index (κ1) is 42.8. The maximum Gasteiger partial charge on any atom is 0.326 e. The van der Waals surface area contributed by atoms with Crippen molar-refractivity contribution in [1.82, 2.24) is 36.2 Å². The molecule has 14 N–H and O–H groups in total. The number of hydrogen-bond donors (Lipinski definition) is 12. The van der Waals surface area contributed by atoms with Crippen LogP contribution in [0.3, 0.4) is 0 Å². The van der Waals surface area contributed by atoms with Crippen LogP contribution in [0.25, 0.3) is 32.7 Å². The van der Waals surface area contributed by atoms with Crippen molar-refractivity contribution in [3.05, 3.63) is 108 Å². The lowest BCUT2D eigenvalue weighted by atomic mass is 10.0. The molecular formula is C42H49N11O6S. The first-order chi connectivity index (χ1) is 28.9. The number of carboxylic acids is 1. The van der Waals surface area contributed by atoms with E-state index in [0.29, 0.717) is 23.1 Å². The molecule has 0 fully saturated rings. The number of H-pyrrole nitrogens is 3. The highest BCUT2D eigenvalue weighted by Crippen LogP contribution is 2.22. The van der Waals surface area contributed by atoms with E-state index in [0.717, 1.165) is 32.7 Å². The molecule has 17 nitrogen and oxygen atoms in total. The van der Waals surface area contributed by atoms with Gasteiger partial charge in [0.05, 0.1) is 6.04 Å². The maximum atomic E-state index is 14.5. The van der Waals surface area contributed by atoms with Gasteiger partial charge in [0, 0.05) is 82.9 Å². The molecule has 3 aromatic carbocycles. The molecule has 0 unspecified atom stereocenters. The van der Waals surface area contributed by atoms with Gasteiger partial charge in [-0.3, -0.25) is 24.2 Å². The van der Waals surface area contributed by atoms with Crippen molar-refractivity contribution >= 4 is 80.9 Å². The second kappa shape index (κ2) is 19.8. The predicted molar refractivity (Wildman–Crippen MR) is 233 cm³/mol. The summed E-state index contributed by atoms with van der Waals surface area (Å²) in [6, 6.07) is 16.2. The molecular weight excluding hydrogens is 787 g/mol. The molecule has 3 heterocycles. The molecule has 0 radical (unpaired) electrons.